The van der Waals surface area contributed by atoms with E-state index in [0.717, 1.165) is 43.5 Å². The monoisotopic (exact) mass is 386 g/mol. The Labute approximate surface area is 159 Å². The fraction of sp³-hybridized carbons (Fsp3) is 0.350. The van der Waals surface area contributed by atoms with Gasteiger partial charge in [0, 0.05) is 18.1 Å². The lowest BCUT2D eigenvalue weighted by molar-refractivity contribution is 0.0735. The number of aromatic nitrogens is 3. The molecule has 0 unspecified atom stereocenters. The van der Waals surface area contributed by atoms with Gasteiger partial charge in [0.2, 0.25) is 0 Å². The van der Waals surface area contributed by atoms with Gasteiger partial charge in [-0.2, -0.15) is 5.10 Å². The maximum absolute atomic E-state index is 13.8. The molecule has 28 heavy (non-hydrogen) atoms. The predicted molar refractivity (Wildman–Crippen MR) is 100 cm³/mol. The van der Waals surface area contributed by atoms with Crippen molar-refractivity contribution >= 4 is 16.7 Å². The highest BCUT2D eigenvalue weighted by atomic mass is 19.2. The van der Waals surface area contributed by atoms with Gasteiger partial charge < -0.3 is 9.88 Å². The molecule has 146 valence electrons. The second-order valence-electron chi connectivity index (χ2n) is 7.24. The minimum Gasteiger partial charge on any atom is -0.354 e. The van der Waals surface area contributed by atoms with Crippen LogP contribution >= 0.6 is 0 Å². The minimum absolute atomic E-state index is 0.00747. The van der Waals surface area contributed by atoms with Gasteiger partial charge in [-0.1, -0.05) is 0 Å². The first-order valence-corrected chi connectivity index (χ1v) is 9.22. The molecule has 1 aromatic carbocycles. The fourth-order valence-electron chi connectivity index (χ4n) is 3.76. The molecule has 2 heterocycles. The van der Waals surface area contributed by atoms with Crippen LogP contribution in [0.25, 0.3) is 10.8 Å². The van der Waals surface area contributed by atoms with E-state index < -0.39 is 23.2 Å². The number of hydrogen-bond acceptors (Lipinski definition) is 3. The molecule has 2 aromatic heterocycles. The van der Waals surface area contributed by atoms with E-state index in [4.69, 9.17) is 0 Å². The Hall–Kier alpha value is -3.03. The lowest BCUT2D eigenvalue weighted by atomic mass is 9.98. The van der Waals surface area contributed by atoms with E-state index in [0.29, 0.717) is 11.4 Å². The second-order valence-corrected chi connectivity index (χ2v) is 7.24. The second kappa shape index (κ2) is 6.85. The van der Waals surface area contributed by atoms with Crippen molar-refractivity contribution in [2.45, 2.75) is 38.6 Å². The quantitative estimate of drug-likeness (QED) is 0.725. The maximum atomic E-state index is 13.8. The molecule has 6 nitrogen and oxygen atoms in total. The van der Waals surface area contributed by atoms with Crippen LogP contribution in [0.5, 0.6) is 0 Å². The van der Waals surface area contributed by atoms with Crippen LogP contribution in [0.3, 0.4) is 0 Å². The zero-order valence-corrected chi connectivity index (χ0v) is 15.6. The van der Waals surface area contributed by atoms with Crippen LogP contribution in [0, 0.1) is 11.6 Å². The molecule has 0 aliphatic heterocycles. The van der Waals surface area contributed by atoms with E-state index in [9.17, 15) is 18.4 Å². The third-order valence-corrected chi connectivity index (χ3v) is 5.50. The summed E-state index contributed by atoms with van der Waals surface area (Å²) in [4.78, 5) is 29.6. The third kappa shape index (κ3) is 2.98. The van der Waals surface area contributed by atoms with Gasteiger partial charge in [-0.15, -0.1) is 0 Å². The minimum atomic E-state index is -1.11. The summed E-state index contributed by atoms with van der Waals surface area (Å²) >= 11 is 0. The molecule has 1 amide bonds. The molecule has 0 spiro atoms. The number of aryl methyl sites for hydroxylation is 2. The molecule has 1 atom stereocenters. The molecule has 1 aliphatic carbocycles. The lowest BCUT2D eigenvalue weighted by Gasteiger charge is -2.24. The summed E-state index contributed by atoms with van der Waals surface area (Å²) in [5, 5.41) is 6.49. The highest BCUT2D eigenvalue weighted by Gasteiger charge is 2.25. The van der Waals surface area contributed by atoms with E-state index in [-0.39, 0.29) is 16.7 Å². The molecule has 0 bridgehead atoms. The van der Waals surface area contributed by atoms with Crippen LogP contribution in [-0.4, -0.2) is 33.0 Å². The fourth-order valence-corrected chi connectivity index (χ4v) is 3.76. The smallest absolute Gasteiger partial charge is 0.272 e. The summed E-state index contributed by atoms with van der Waals surface area (Å²) in [7, 11) is 1.62. The normalized spacial score (nSPS) is 14.7. The summed E-state index contributed by atoms with van der Waals surface area (Å²) in [6.07, 6.45) is 4.09. The molecule has 0 saturated heterocycles. The van der Waals surface area contributed by atoms with Crippen molar-refractivity contribution in [3.8, 4) is 0 Å². The number of benzene rings is 1. The van der Waals surface area contributed by atoms with Crippen LogP contribution in [-0.2, 0) is 12.8 Å². The van der Waals surface area contributed by atoms with E-state index >= 15 is 0 Å². The van der Waals surface area contributed by atoms with Crippen molar-refractivity contribution < 1.29 is 13.6 Å². The molecular weight excluding hydrogens is 366 g/mol. The van der Waals surface area contributed by atoms with E-state index in [2.05, 4.69) is 15.2 Å². The van der Waals surface area contributed by atoms with Crippen molar-refractivity contribution in [3.05, 3.63) is 62.8 Å². The van der Waals surface area contributed by atoms with E-state index in [1.807, 2.05) is 6.07 Å². The topological polar surface area (TPSA) is 81.8 Å². The van der Waals surface area contributed by atoms with Gasteiger partial charge in [-0.25, -0.2) is 13.9 Å². The number of carbonyl (C=O) groups is 1. The zero-order valence-electron chi connectivity index (χ0n) is 15.6. The Morgan fingerprint density at radius 2 is 1.82 bits per heavy atom. The van der Waals surface area contributed by atoms with Crippen LogP contribution in [0.15, 0.2) is 23.0 Å². The molecule has 4 rings (SSSR count). The van der Waals surface area contributed by atoms with Gasteiger partial charge >= 0.3 is 0 Å². The standard InChI is InChI=1S/C20H20F2N4O2/c1-10(18-12-8-14(21)15(22)9-13(12)19(27)25-24-18)26(2)20(28)17-7-11-5-3-4-6-16(11)23-17/h7-10,23H,3-6H2,1-2H3,(H,25,27)/t10-/m1/s1. The largest absolute Gasteiger partial charge is 0.354 e. The Morgan fingerprint density at radius 1 is 1.14 bits per heavy atom. The average Bonchev–Trinajstić information content (AvgIpc) is 3.12. The number of halogens is 2. The van der Waals surface area contributed by atoms with Gasteiger partial charge in [0.1, 0.15) is 5.69 Å². The number of rotatable bonds is 3. The van der Waals surface area contributed by atoms with Gasteiger partial charge in [0.25, 0.3) is 11.5 Å². The van der Waals surface area contributed by atoms with Crippen molar-refractivity contribution in [1.82, 2.24) is 20.1 Å². The number of nitrogens with one attached hydrogen (secondary N) is 2. The Bertz CT molecular complexity index is 1110. The summed E-state index contributed by atoms with van der Waals surface area (Å²) in [5.74, 6) is -2.41. The molecule has 1 aliphatic rings. The van der Waals surface area contributed by atoms with Crippen LogP contribution < -0.4 is 5.56 Å². The van der Waals surface area contributed by atoms with Crippen LogP contribution in [0.4, 0.5) is 8.78 Å². The summed E-state index contributed by atoms with van der Waals surface area (Å²) in [6.45, 7) is 1.72. The Kier molecular flexibility index (Phi) is 4.49. The third-order valence-electron chi connectivity index (χ3n) is 5.50. The molecule has 8 heteroatoms. The van der Waals surface area contributed by atoms with Crippen LogP contribution in [0.1, 0.15) is 53.2 Å². The number of amides is 1. The number of carbonyl (C=O) groups excluding carboxylic acids is 1. The van der Waals surface area contributed by atoms with E-state index in [1.165, 1.54) is 10.5 Å². The first-order valence-electron chi connectivity index (χ1n) is 9.22. The number of hydrogen-bond donors (Lipinski definition) is 2. The molecule has 3 aromatic rings. The first-order chi connectivity index (χ1) is 13.4. The Morgan fingerprint density at radius 3 is 2.54 bits per heavy atom. The highest BCUT2D eigenvalue weighted by molar-refractivity contribution is 5.93. The van der Waals surface area contributed by atoms with Crippen molar-refractivity contribution in [2.75, 3.05) is 7.05 Å². The Balaban J connectivity index is 1.70. The molecular formula is C20H20F2N4O2. The van der Waals surface area contributed by atoms with Gasteiger partial charge in [-0.05, 0) is 56.4 Å². The van der Waals surface area contributed by atoms with Crippen molar-refractivity contribution in [2.24, 2.45) is 0 Å². The first kappa shape index (κ1) is 18.3. The molecule has 0 saturated carbocycles. The van der Waals surface area contributed by atoms with Gasteiger partial charge in [0.15, 0.2) is 11.6 Å². The molecule has 0 fully saturated rings. The zero-order chi connectivity index (χ0) is 20.0. The number of nitrogens with zero attached hydrogens (tertiary/aromatic N) is 2. The summed E-state index contributed by atoms with van der Waals surface area (Å²) in [5.41, 5.74) is 2.44. The van der Waals surface area contributed by atoms with Crippen molar-refractivity contribution in [3.63, 3.8) is 0 Å². The molecule has 2 N–H and O–H groups in total. The van der Waals surface area contributed by atoms with Crippen LogP contribution in [0.2, 0.25) is 0 Å². The predicted octanol–water partition coefficient (Wildman–Crippen LogP) is 3.24. The summed E-state index contributed by atoms with van der Waals surface area (Å²) in [6, 6.07) is 3.11. The average molecular weight is 386 g/mol. The maximum Gasteiger partial charge on any atom is 0.272 e. The number of H-pyrrole nitrogens is 2. The van der Waals surface area contributed by atoms with Gasteiger partial charge in [-0.3, -0.25) is 9.59 Å². The van der Waals surface area contributed by atoms with Crippen molar-refractivity contribution in [1.29, 1.82) is 0 Å². The highest BCUT2D eigenvalue weighted by Crippen LogP contribution is 2.27. The SMILES string of the molecule is C[C@H](c1n[nH]c(=O)c2cc(F)c(F)cc12)N(C)C(=O)c1cc2c([nH]1)CCCC2. The number of fused-ring (bicyclic) bond motifs is 2. The van der Waals surface area contributed by atoms with Gasteiger partial charge in [0.05, 0.1) is 17.1 Å². The lowest BCUT2D eigenvalue weighted by Crippen LogP contribution is -2.31. The summed E-state index contributed by atoms with van der Waals surface area (Å²) < 4.78 is 27.3. The van der Waals surface area contributed by atoms with E-state index in [1.54, 1.807) is 14.0 Å². The number of aromatic amines is 2. The molecule has 0 radical (unpaired) electrons.